The highest BCUT2D eigenvalue weighted by molar-refractivity contribution is 7.99. The summed E-state index contributed by atoms with van der Waals surface area (Å²) in [5.74, 6) is 0.777. The standard InChI is InChI=1S/C15H21ClN2O3S2/c16-14-4-2-1-3-13(14)15-5-6-17(9-12-22-15)23(19,20)18-7-10-21-11-8-18/h1-4,15H,5-12H2/t15-/m1/s1. The summed E-state index contributed by atoms with van der Waals surface area (Å²) in [6, 6.07) is 7.83. The molecule has 0 amide bonds. The van der Waals surface area contributed by atoms with E-state index in [0.717, 1.165) is 22.8 Å². The van der Waals surface area contributed by atoms with E-state index < -0.39 is 10.2 Å². The van der Waals surface area contributed by atoms with E-state index in [9.17, 15) is 8.42 Å². The third-order valence-corrected chi connectivity index (χ3v) is 7.87. The van der Waals surface area contributed by atoms with Gasteiger partial charge in [0, 0.05) is 42.2 Å². The van der Waals surface area contributed by atoms with Crippen molar-refractivity contribution in [2.24, 2.45) is 0 Å². The molecule has 0 spiro atoms. The molecule has 2 heterocycles. The van der Waals surface area contributed by atoms with Gasteiger partial charge in [-0.25, -0.2) is 0 Å². The summed E-state index contributed by atoms with van der Waals surface area (Å²) >= 11 is 8.08. The number of halogens is 1. The molecular formula is C15H21ClN2O3S2. The van der Waals surface area contributed by atoms with Crippen molar-refractivity contribution < 1.29 is 13.2 Å². The van der Waals surface area contributed by atoms with Crippen molar-refractivity contribution in [1.29, 1.82) is 0 Å². The minimum atomic E-state index is -3.38. The number of ether oxygens (including phenoxy) is 1. The summed E-state index contributed by atoms with van der Waals surface area (Å²) in [4.78, 5) is 0. The number of hydrogen-bond acceptors (Lipinski definition) is 4. The van der Waals surface area contributed by atoms with Crippen LogP contribution in [0.2, 0.25) is 5.02 Å². The van der Waals surface area contributed by atoms with Crippen molar-refractivity contribution in [2.75, 3.05) is 45.1 Å². The van der Waals surface area contributed by atoms with E-state index >= 15 is 0 Å². The summed E-state index contributed by atoms with van der Waals surface area (Å²) in [6.07, 6.45) is 0.776. The molecule has 2 aliphatic heterocycles. The molecule has 0 unspecified atom stereocenters. The van der Waals surface area contributed by atoms with Crippen LogP contribution < -0.4 is 0 Å². The van der Waals surface area contributed by atoms with Gasteiger partial charge in [0.25, 0.3) is 10.2 Å². The normalized spacial score (nSPS) is 25.2. The Bertz CT molecular complexity index is 635. The van der Waals surface area contributed by atoms with Gasteiger partial charge in [0.1, 0.15) is 0 Å². The van der Waals surface area contributed by atoms with Crippen LogP contribution in [0.15, 0.2) is 24.3 Å². The van der Waals surface area contributed by atoms with Crippen molar-refractivity contribution in [3.05, 3.63) is 34.9 Å². The van der Waals surface area contributed by atoms with Crippen LogP contribution in [0, 0.1) is 0 Å². The van der Waals surface area contributed by atoms with Gasteiger partial charge in [-0.3, -0.25) is 0 Å². The maximum Gasteiger partial charge on any atom is 0.282 e. The third-order valence-electron chi connectivity index (χ3n) is 4.18. The van der Waals surface area contributed by atoms with E-state index in [0.29, 0.717) is 39.4 Å². The maximum atomic E-state index is 12.8. The first-order chi connectivity index (χ1) is 11.1. The van der Waals surface area contributed by atoms with E-state index in [2.05, 4.69) is 0 Å². The minimum absolute atomic E-state index is 0.244. The SMILES string of the molecule is O=S(=O)(N1CCOCC1)N1CCS[C@@H](c2ccccc2Cl)CC1. The van der Waals surface area contributed by atoms with Crippen molar-refractivity contribution in [1.82, 2.24) is 8.61 Å². The average Bonchev–Trinajstić information content (AvgIpc) is 2.83. The highest BCUT2D eigenvalue weighted by Gasteiger charge is 2.33. The molecule has 5 nitrogen and oxygen atoms in total. The molecule has 2 saturated heterocycles. The molecule has 2 fully saturated rings. The zero-order chi connectivity index (χ0) is 16.3. The molecule has 0 aliphatic carbocycles. The second-order valence-electron chi connectivity index (χ2n) is 5.59. The van der Waals surface area contributed by atoms with Gasteiger partial charge in [0.15, 0.2) is 0 Å². The first-order valence-electron chi connectivity index (χ1n) is 7.78. The summed E-state index contributed by atoms with van der Waals surface area (Å²) in [5.41, 5.74) is 1.10. The first kappa shape index (κ1) is 17.5. The van der Waals surface area contributed by atoms with Crippen LogP contribution in [0.25, 0.3) is 0 Å². The predicted molar refractivity (Wildman–Crippen MR) is 94.2 cm³/mol. The van der Waals surface area contributed by atoms with Crippen LogP contribution in [-0.2, 0) is 14.9 Å². The van der Waals surface area contributed by atoms with E-state index in [-0.39, 0.29) is 5.25 Å². The molecule has 0 saturated carbocycles. The number of benzene rings is 1. The van der Waals surface area contributed by atoms with Crippen molar-refractivity contribution in [3.63, 3.8) is 0 Å². The van der Waals surface area contributed by atoms with Crippen LogP contribution in [0.1, 0.15) is 17.2 Å². The molecule has 0 radical (unpaired) electrons. The van der Waals surface area contributed by atoms with Crippen LogP contribution in [-0.4, -0.2) is 62.2 Å². The monoisotopic (exact) mass is 376 g/mol. The predicted octanol–water partition coefficient (Wildman–Crippen LogP) is 2.40. The second kappa shape index (κ2) is 7.72. The summed E-state index contributed by atoms with van der Waals surface area (Å²) < 4.78 is 33.9. The number of rotatable bonds is 3. The van der Waals surface area contributed by atoms with Crippen molar-refractivity contribution in [3.8, 4) is 0 Å². The Hall–Kier alpha value is -0.310. The molecule has 1 aromatic carbocycles. The van der Waals surface area contributed by atoms with Gasteiger partial charge in [-0.2, -0.15) is 28.8 Å². The fourth-order valence-electron chi connectivity index (χ4n) is 2.91. The maximum absolute atomic E-state index is 12.8. The van der Waals surface area contributed by atoms with Gasteiger partial charge < -0.3 is 4.74 Å². The lowest BCUT2D eigenvalue weighted by Gasteiger charge is -2.31. The van der Waals surface area contributed by atoms with Crippen LogP contribution in [0.3, 0.4) is 0 Å². The minimum Gasteiger partial charge on any atom is -0.379 e. The molecule has 2 aliphatic rings. The van der Waals surface area contributed by atoms with Crippen LogP contribution in [0.5, 0.6) is 0 Å². The lowest BCUT2D eigenvalue weighted by molar-refractivity contribution is 0.0703. The van der Waals surface area contributed by atoms with Gasteiger partial charge in [-0.15, -0.1) is 0 Å². The number of thioether (sulfide) groups is 1. The zero-order valence-electron chi connectivity index (χ0n) is 12.9. The Morgan fingerprint density at radius 3 is 2.52 bits per heavy atom. The van der Waals surface area contributed by atoms with Crippen molar-refractivity contribution >= 4 is 33.6 Å². The average molecular weight is 377 g/mol. The Morgan fingerprint density at radius 1 is 1.09 bits per heavy atom. The molecule has 0 aromatic heterocycles. The Kier molecular flexibility index (Phi) is 5.87. The summed E-state index contributed by atoms with van der Waals surface area (Å²) in [5, 5.41) is 1.00. The summed E-state index contributed by atoms with van der Waals surface area (Å²) in [7, 11) is -3.38. The largest absolute Gasteiger partial charge is 0.379 e. The molecule has 8 heteroatoms. The fourth-order valence-corrected chi connectivity index (χ4v) is 6.22. The molecule has 128 valence electrons. The van der Waals surface area contributed by atoms with E-state index in [1.165, 1.54) is 4.31 Å². The summed E-state index contributed by atoms with van der Waals surface area (Å²) in [6.45, 7) is 2.92. The van der Waals surface area contributed by atoms with Gasteiger partial charge in [0.05, 0.1) is 13.2 Å². The van der Waals surface area contributed by atoms with Gasteiger partial charge in [-0.1, -0.05) is 29.8 Å². The van der Waals surface area contributed by atoms with Gasteiger partial charge in [-0.05, 0) is 18.1 Å². The first-order valence-corrected chi connectivity index (χ1v) is 10.6. The van der Waals surface area contributed by atoms with Crippen LogP contribution in [0.4, 0.5) is 0 Å². The smallest absolute Gasteiger partial charge is 0.282 e. The number of morpholine rings is 1. The third kappa shape index (κ3) is 4.03. The Morgan fingerprint density at radius 2 is 1.78 bits per heavy atom. The lowest BCUT2D eigenvalue weighted by atomic mass is 10.1. The highest BCUT2D eigenvalue weighted by atomic mass is 35.5. The van der Waals surface area contributed by atoms with E-state index in [4.69, 9.17) is 16.3 Å². The fraction of sp³-hybridized carbons (Fsp3) is 0.600. The number of nitrogens with zero attached hydrogens (tertiary/aromatic N) is 2. The molecule has 1 aromatic rings. The molecular weight excluding hydrogens is 356 g/mol. The van der Waals surface area contributed by atoms with Crippen molar-refractivity contribution in [2.45, 2.75) is 11.7 Å². The quantitative estimate of drug-likeness (QED) is 0.812. The molecule has 0 bridgehead atoms. The van der Waals surface area contributed by atoms with Gasteiger partial charge >= 0.3 is 0 Å². The van der Waals surface area contributed by atoms with E-state index in [1.54, 1.807) is 16.1 Å². The molecule has 3 rings (SSSR count). The number of hydrogen-bond donors (Lipinski definition) is 0. The zero-order valence-corrected chi connectivity index (χ0v) is 15.2. The Labute approximate surface area is 147 Å². The van der Waals surface area contributed by atoms with E-state index in [1.807, 2.05) is 24.3 Å². The molecule has 1 atom stereocenters. The Balaban J connectivity index is 1.70. The van der Waals surface area contributed by atoms with Crippen LogP contribution >= 0.6 is 23.4 Å². The molecule has 0 N–H and O–H groups in total. The highest BCUT2D eigenvalue weighted by Crippen LogP contribution is 2.38. The molecule has 23 heavy (non-hydrogen) atoms. The lowest BCUT2D eigenvalue weighted by Crippen LogP contribution is -2.49. The van der Waals surface area contributed by atoms with Gasteiger partial charge in [0.2, 0.25) is 0 Å². The second-order valence-corrected chi connectivity index (χ2v) is 9.23. The topological polar surface area (TPSA) is 49.9 Å².